The first-order valence-corrected chi connectivity index (χ1v) is 9.90. The maximum absolute atomic E-state index is 12.6. The molecule has 1 N–H and O–H groups in total. The Hall–Kier alpha value is -3.15. The molecule has 1 aromatic heterocycles. The number of H-pyrrole nitrogens is 1. The summed E-state index contributed by atoms with van der Waals surface area (Å²) < 4.78 is 5.18. The van der Waals surface area contributed by atoms with Gasteiger partial charge in [-0.2, -0.15) is 4.98 Å². The molecule has 0 aliphatic carbocycles. The lowest BCUT2D eigenvalue weighted by Crippen LogP contribution is -2.20. The first kappa shape index (κ1) is 21.6. The van der Waals surface area contributed by atoms with Crippen LogP contribution in [0.5, 0.6) is 0 Å². The molecule has 0 unspecified atom stereocenters. The molecule has 0 amide bonds. The van der Waals surface area contributed by atoms with Crippen LogP contribution in [0.2, 0.25) is 10.0 Å². The molecule has 1 heterocycles. The Morgan fingerprint density at radius 1 is 0.933 bits per heavy atom. The van der Waals surface area contributed by atoms with E-state index < -0.39 is 11.7 Å². The number of rotatable bonds is 6. The number of halogens is 2. The highest BCUT2D eigenvalue weighted by molar-refractivity contribution is 6.30. The average Bonchev–Trinajstić information content (AvgIpc) is 2.72. The zero-order valence-electron chi connectivity index (χ0n) is 16.1. The smallest absolute Gasteiger partial charge is 0.345 e. The van der Waals surface area contributed by atoms with Gasteiger partial charge >= 0.3 is 11.7 Å². The zero-order chi connectivity index (χ0) is 21.5. The second kappa shape index (κ2) is 10.1. The van der Waals surface area contributed by atoms with Gasteiger partial charge in [0.05, 0.1) is 18.0 Å². The van der Waals surface area contributed by atoms with Crippen LogP contribution in [0.1, 0.15) is 39.8 Å². The molecule has 30 heavy (non-hydrogen) atoms. The van der Waals surface area contributed by atoms with Crippen molar-refractivity contribution in [2.45, 2.75) is 6.92 Å². The summed E-state index contributed by atoms with van der Waals surface area (Å²) >= 11 is 11.8. The van der Waals surface area contributed by atoms with Crippen molar-refractivity contribution in [2.75, 3.05) is 6.61 Å². The number of nitrogens with one attached hydrogen (secondary N) is 1. The molecule has 0 atom stereocenters. The van der Waals surface area contributed by atoms with Crippen LogP contribution < -0.4 is 5.69 Å². The molecule has 7 heteroatoms. The Bertz CT molecular complexity index is 1070. The number of ether oxygens (including phenoxy) is 1. The van der Waals surface area contributed by atoms with Crippen LogP contribution in [-0.2, 0) is 4.74 Å². The molecule has 0 radical (unpaired) electrons. The highest BCUT2D eigenvalue weighted by atomic mass is 35.5. The van der Waals surface area contributed by atoms with E-state index in [1.54, 1.807) is 55.5 Å². The SMILES string of the molecule is CCOC(=O)c1c(/C=C/c2ccc(Cl)cc2)nc(=O)[nH]c1/C=C/c1ccc(Cl)cc1. The van der Waals surface area contributed by atoms with Gasteiger partial charge < -0.3 is 9.72 Å². The number of carbonyl (C=O) groups is 1. The van der Waals surface area contributed by atoms with Crippen LogP contribution in [-0.4, -0.2) is 22.5 Å². The molecular weight excluding hydrogens is 423 g/mol. The Balaban J connectivity index is 2.04. The number of aromatic nitrogens is 2. The summed E-state index contributed by atoms with van der Waals surface area (Å²) in [7, 11) is 0. The van der Waals surface area contributed by atoms with Crippen molar-refractivity contribution in [3.63, 3.8) is 0 Å². The van der Waals surface area contributed by atoms with Gasteiger partial charge in [-0.05, 0) is 54.5 Å². The molecular formula is C23H18Cl2N2O3. The van der Waals surface area contributed by atoms with Gasteiger partial charge in [0.2, 0.25) is 0 Å². The normalized spacial score (nSPS) is 11.3. The molecule has 152 valence electrons. The molecule has 0 aliphatic heterocycles. The predicted octanol–water partition coefficient (Wildman–Crippen LogP) is 5.59. The van der Waals surface area contributed by atoms with Crippen LogP contribution in [0.15, 0.2) is 53.3 Å². The number of hydrogen-bond acceptors (Lipinski definition) is 4. The largest absolute Gasteiger partial charge is 0.462 e. The monoisotopic (exact) mass is 440 g/mol. The molecule has 0 bridgehead atoms. The Morgan fingerprint density at radius 3 is 2.00 bits per heavy atom. The van der Waals surface area contributed by atoms with Gasteiger partial charge in [-0.15, -0.1) is 0 Å². The van der Waals surface area contributed by atoms with Gasteiger partial charge in [0, 0.05) is 10.0 Å². The second-order valence-corrected chi connectivity index (χ2v) is 7.08. The third-order valence-corrected chi connectivity index (χ3v) is 4.59. The van der Waals surface area contributed by atoms with Crippen molar-refractivity contribution in [3.05, 3.63) is 97.1 Å². The van der Waals surface area contributed by atoms with Gasteiger partial charge in [0.1, 0.15) is 5.56 Å². The van der Waals surface area contributed by atoms with Crippen molar-refractivity contribution >= 4 is 53.5 Å². The standard InChI is InChI=1S/C23H18Cl2N2O3/c1-2-30-22(28)21-19(13-7-15-3-9-17(24)10-4-15)26-23(29)27-20(21)14-8-16-5-11-18(25)12-6-16/h3-14H,2H2,1H3,(H,26,27,29)/b13-7+,14-8+. The lowest BCUT2D eigenvalue weighted by molar-refractivity contribution is 0.0524. The van der Waals surface area contributed by atoms with Crippen LogP contribution >= 0.6 is 23.2 Å². The number of esters is 1. The van der Waals surface area contributed by atoms with Gasteiger partial charge in [-0.1, -0.05) is 59.6 Å². The third kappa shape index (κ3) is 5.69. The summed E-state index contributed by atoms with van der Waals surface area (Å²) in [4.78, 5) is 31.3. The Morgan fingerprint density at radius 2 is 1.47 bits per heavy atom. The van der Waals surface area contributed by atoms with Crippen LogP contribution in [0.25, 0.3) is 24.3 Å². The minimum Gasteiger partial charge on any atom is -0.462 e. The van der Waals surface area contributed by atoms with E-state index in [0.29, 0.717) is 15.7 Å². The van der Waals surface area contributed by atoms with E-state index in [-0.39, 0.29) is 17.9 Å². The summed E-state index contributed by atoms with van der Waals surface area (Å²) in [6.45, 7) is 1.90. The van der Waals surface area contributed by atoms with E-state index in [2.05, 4.69) is 9.97 Å². The summed E-state index contributed by atoms with van der Waals surface area (Å²) in [5.41, 5.74) is 1.81. The van der Waals surface area contributed by atoms with Crippen molar-refractivity contribution in [1.82, 2.24) is 9.97 Å². The average molecular weight is 441 g/mol. The number of nitrogens with zero attached hydrogens (tertiary/aromatic N) is 1. The van der Waals surface area contributed by atoms with Crippen molar-refractivity contribution in [3.8, 4) is 0 Å². The maximum atomic E-state index is 12.6. The first-order chi connectivity index (χ1) is 14.5. The molecule has 0 saturated carbocycles. The van der Waals surface area contributed by atoms with E-state index in [4.69, 9.17) is 27.9 Å². The summed E-state index contributed by atoms with van der Waals surface area (Å²) in [5.74, 6) is -0.576. The minimum absolute atomic E-state index is 0.173. The van der Waals surface area contributed by atoms with Gasteiger partial charge in [-0.25, -0.2) is 9.59 Å². The van der Waals surface area contributed by atoms with E-state index in [9.17, 15) is 9.59 Å². The molecule has 5 nitrogen and oxygen atoms in total. The van der Waals surface area contributed by atoms with E-state index in [1.807, 2.05) is 24.3 Å². The molecule has 0 aliphatic rings. The fraction of sp³-hybridized carbons (Fsp3) is 0.0870. The van der Waals surface area contributed by atoms with E-state index >= 15 is 0 Å². The number of aromatic amines is 1. The molecule has 3 rings (SSSR count). The third-order valence-electron chi connectivity index (χ3n) is 4.08. The summed E-state index contributed by atoms with van der Waals surface area (Å²) in [6, 6.07) is 14.3. The first-order valence-electron chi connectivity index (χ1n) is 9.15. The van der Waals surface area contributed by atoms with Crippen LogP contribution in [0.3, 0.4) is 0 Å². The van der Waals surface area contributed by atoms with Crippen molar-refractivity contribution < 1.29 is 9.53 Å². The molecule has 0 spiro atoms. The van der Waals surface area contributed by atoms with Crippen molar-refractivity contribution in [1.29, 1.82) is 0 Å². The fourth-order valence-electron chi connectivity index (χ4n) is 2.67. The summed E-state index contributed by atoms with van der Waals surface area (Å²) in [5, 5.41) is 1.23. The Kier molecular flexibility index (Phi) is 7.22. The molecule has 2 aromatic carbocycles. The maximum Gasteiger partial charge on any atom is 0.345 e. The van der Waals surface area contributed by atoms with Gasteiger partial charge in [-0.3, -0.25) is 0 Å². The fourth-order valence-corrected chi connectivity index (χ4v) is 2.93. The topological polar surface area (TPSA) is 72.0 Å². The molecule has 3 aromatic rings. The van der Waals surface area contributed by atoms with Crippen molar-refractivity contribution in [2.24, 2.45) is 0 Å². The van der Waals surface area contributed by atoms with Crippen LogP contribution in [0, 0.1) is 0 Å². The minimum atomic E-state index is -0.576. The highest BCUT2D eigenvalue weighted by Crippen LogP contribution is 2.18. The lowest BCUT2D eigenvalue weighted by Gasteiger charge is -2.08. The van der Waals surface area contributed by atoms with Crippen LogP contribution in [0.4, 0.5) is 0 Å². The molecule has 0 fully saturated rings. The predicted molar refractivity (Wildman–Crippen MR) is 122 cm³/mol. The lowest BCUT2D eigenvalue weighted by atomic mass is 10.1. The number of hydrogen-bond donors (Lipinski definition) is 1. The highest BCUT2D eigenvalue weighted by Gasteiger charge is 2.18. The van der Waals surface area contributed by atoms with E-state index in [0.717, 1.165) is 11.1 Å². The number of benzene rings is 2. The quantitative estimate of drug-likeness (QED) is 0.506. The van der Waals surface area contributed by atoms with Gasteiger partial charge in [0.25, 0.3) is 0 Å². The van der Waals surface area contributed by atoms with Gasteiger partial charge in [0.15, 0.2) is 0 Å². The Labute approximate surface area is 183 Å². The van der Waals surface area contributed by atoms with E-state index in [1.165, 1.54) is 0 Å². The zero-order valence-corrected chi connectivity index (χ0v) is 17.6. The number of carbonyl (C=O) groups excluding carboxylic acids is 1. The summed E-state index contributed by atoms with van der Waals surface area (Å²) in [6.07, 6.45) is 6.74. The molecule has 0 saturated heterocycles. The second-order valence-electron chi connectivity index (χ2n) is 6.21.